The van der Waals surface area contributed by atoms with E-state index in [2.05, 4.69) is 29.8 Å². The van der Waals surface area contributed by atoms with Gasteiger partial charge >= 0.3 is 0 Å². The van der Waals surface area contributed by atoms with E-state index in [0.29, 0.717) is 69.4 Å². The van der Waals surface area contributed by atoms with Crippen LogP contribution in [0.25, 0.3) is 11.0 Å². The smallest absolute Gasteiger partial charge is 0.273 e. The van der Waals surface area contributed by atoms with Crippen LogP contribution in [-0.4, -0.2) is 65.4 Å². The van der Waals surface area contributed by atoms with Gasteiger partial charge in [-0.25, -0.2) is 18.7 Å². The van der Waals surface area contributed by atoms with E-state index in [-0.39, 0.29) is 30.3 Å². The molecule has 202 valence electrons. The number of nitrogens with zero attached hydrogens (tertiary/aromatic N) is 4. The number of nitrogens with one attached hydrogen (secondary N) is 2. The Labute approximate surface area is 220 Å². The molecule has 0 saturated heterocycles. The number of amides is 1. The van der Waals surface area contributed by atoms with E-state index < -0.39 is 11.8 Å². The van der Waals surface area contributed by atoms with Crippen LogP contribution in [0.5, 0.6) is 11.5 Å². The fourth-order valence-electron chi connectivity index (χ4n) is 4.31. The second-order valence-electron chi connectivity index (χ2n) is 8.90. The average molecular weight is 547 g/mol. The molecule has 0 aliphatic carbocycles. The van der Waals surface area contributed by atoms with Crippen molar-refractivity contribution in [1.29, 1.82) is 0 Å². The van der Waals surface area contributed by atoms with Crippen LogP contribution in [0.3, 0.4) is 0 Å². The van der Waals surface area contributed by atoms with Crippen LogP contribution in [0.2, 0.25) is 0 Å². The molecule has 1 amide bonds. The predicted molar refractivity (Wildman–Crippen MR) is 140 cm³/mol. The van der Waals surface area contributed by atoms with Crippen LogP contribution in [0.4, 0.5) is 8.78 Å². The Balaban J connectivity index is 1.12. The number of allylic oxidation sites excluding steroid dienone is 1. The van der Waals surface area contributed by atoms with Gasteiger partial charge in [0.2, 0.25) is 0 Å². The highest BCUT2D eigenvalue weighted by molar-refractivity contribution is 7.17. The number of halogens is 2. The fourth-order valence-corrected chi connectivity index (χ4v) is 4.52. The third-order valence-corrected chi connectivity index (χ3v) is 6.35. The van der Waals surface area contributed by atoms with E-state index in [0.717, 1.165) is 16.9 Å². The van der Waals surface area contributed by atoms with E-state index in [1.807, 2.05) is 16.7 Å². The summed E-state index contributed by atoms with van der Waals surface area (Å²) in [6.45, 7) is 2.27. The first-order valence-electron chi connectivity index (χ1n) is 12.5. The summed E-state index contributed by atoms with van der Waals surface area (Å²) in [4.78, 5) is 25.2. The van der Waals surface area contributed by atoms with E-state index >= 15 is 0 Å². The first kappa shape index (κ1) is 26.2. The topological polar surface area (TPSA) is 116 Å². The van der Waals surface area contributed by atoms with Gasteiger partial charge in [-0.3, -0.25) is 9.79 Å². The monoisotopic (exact) mass is 546 g/mol. The quantitative estimate of drug-likeness (QED) is 0.281. The number of aliphatic imine (C=N–C) groups is 1. The number of ether oxygens (including phenoxy) is 2. The minimum atomic E-state index is -1.12. The van der Waals surface area contributed by atoms with E-state index in [1.54, 1.807) is 6.21 Å². The van der Waals surface area contributed by atoms with Gasteiger partial charge in [0, 0.05) is 50.7 Å². The minimum absolute atomic E-state index is 0.00175. The van der Waals surface area contributed by atoms with Crippen molar-refractivity contribution in [3.05, 3.63) is 47.3 Å². The zero-order valence-electron chi connectivity index (χ0n) is 20.7. The van der Waals surface area contributed by atoms with Crippen molar-refractivity contribution in [2.75, 3.05) is 32.8 Å². The van der Waals surface area contributed by atoms with Crippen molar-refractivity contribution in [2.45, 2.75) is 38.1 Å². The number of rotatable bonds is 11. The van der Waals surface area contributed by atoms with Crippen LogP contribution in [0.15, 0.2) is 39.3 Å². The molecular formula is C25H29F2N6O4P. The molecule has 4 heterocycles. The number of fused-ring (bicyclic) bond motifs is 2. The van der Waals surface area contributed by atoms with Crippen LogP contribution >= 0.6 is 9.24 Å². The van der Waals surface area contributed by atoms with Gasteiger partial charge in [0.1, 0.15) is 37.0 Å². The van der Waals surface area contributed by atoms with Gasteiger partial charge in [0.25, 0.3) is 5.91 Å². The highest BCUT2D eigenvalue weighted by atomic mass is 31.0. The first-order chi connectivity index (χ1) is 18.5. The van der Waals surface area contributed by atoms with Gasteiger partial charge in [-0.05, 0) is 6.42 Å². The Morgan fingerprint density at radius 2 is 1.95 bits per heavy atom. The summed E-state index contributed by atoms with van der Waals surface area (Å²) in [6.07, 6.45) is 4.82. The van der Waals surface area contributed by atoms with Crippen LogP contribution in [0.1, 0.15) is 35.0 Å². The highest BCUT2D eigenvalue weighted by Gasteiger charge is 2.19. The summed E-state index contributed by atoms with van der Waals surface area (Å²) in [7, 11) is 2.18. The molecule has 10 nitrogen and oxygen atoms in total. The summed E-state index contributed by atoms with van der Waals surface area (Å²) in [5.41, 5.74) is 1.89. The minimum Gasteiger partial charge on any atom is -0.486 e. The lowest BCUT2D eigenvalue weighted by Crippen LogP contribution is -2.26. The number of carbonyl (C=O) groups is 1. The number of oxazole rings is 1. The molecule has 2 N–H and O–H groups in total. The van der Waals surface area contributed by atoms with Crippen molar-refractivity contribution in [2.24, 2.45) is 4.99 Å². The van der Waals surface area contributed by atoms with Crippen molar-refractivity contribution in [3.63, 3.8) is 0 Å². The van der Waals surface area contributed by atoms with Crippen LogP contribution < -0.4 is 20.1 Å². The molecule has 0 fully saturated rings. The van der Waals surface area contributed by atoms with Gasteiger partial charge in [-0.1, -0.05) is 9.24 Å². The maximum absolute atomic E-state index is 13.9. The van der Waals surface area contributed by atoms with Crippen molar-refractivity contribution in [3.8, 4) is 11.5 Å². The van der Waals surface area contributed by atoms with E-state index in [9.17, 15) is 13.6 Å². The summed E-state index contributed by atoms with van der Waals surface area (Å²) in [5.74, 6) is 0.566. The lowest BCUT2D eigenvalue weighted by atomic mass is 10.2. The molecule has 38 heavy (non-hydrogen) atoms. The maximum Gasteiger partial charge on any atom is 0.273 e. The largest absolute Gasteiger partial charge is 0.486 e. The number of hydrogen-bond donors (Lipinski definition) is 2. The number of carbonyl (C=O) groups excluding carboxylic acids is 1. The number of imidazole rings is 1. The predicted octanol–water partition coefficient (Wildman–Crippen LogP) is 3.12. The number of alkyl halides is 1. The van der Waals surface area contributed by atoms with Crippen molar-refractivity contribution in [1.82, 2.24) is 25.2 Å². The first-order valence-corrected chi connectivity index (χ1v) is 13.2. The van der Waals surface area contributed by atoms with Crippen LogP contribution in [-0.2, 0) is 19.4 Å². The molecule has 2 aliphatic rings. The number of aromatic nitrogens is 3. The van der Waals surface area contributed by atoms with Crippen LogP contribution in [0, 0.1) is 0 Å². The van der Waals surface area contributed by atoms with Gasteiger partial charge < -0.3 is 29.1 Å². The van der Waals surface area contributed by atoms with Gasteiger partial charge in [0.05, 0.1) is 29.8 Å². The molecule has 1 aromatic carbocycles. The summed E-state index contributed by atoms with van der Waals surface area (Å²) in [5, 5.41) is 5.92. The SMILES string of the molecule is O=C(NCC1=C(F)CCC=N1)c1coc(CCNCCc2nc3cc4c(cc3n2CC(F)P)OCCO4)n1. The second kappa shape index (κ2) is 12.0. The van der Waals surface area contributed by atoms with Gasteiger partial charge in [-0.2, -0.15) is 0 Å². The summed E-state index contributed by atoms with van der Waals surface area (Å²) >= 11 is 0. The Morgan fingerprint density at radius 1 is 1.16 bits per heavy atom. The fraction of sp³-hybridized carbons (Fsp3) is 0.440. The molecule has 13 heteroatoms. The third-order valence-electron chi connectivity index (χ3n) is 6.14. The summed E-state index contributed by atoms with van der Waals surface area (Å²) in [6, 6.07) is 3.69. The Kier molecular flexibility index (Phi) is 8.29. The number of hydrogen-bond acceptors (Lipinski definition) is 8. The highest BCUT2D eigenvalue weighted by Crippen LogP contribution is 2.35. The molecular weight excluding hydrogens is 517 g/mol. The Bertz CT molecular complexity index is 1370. The zero-order chi connectivity index (χ0) is 26.5. The molecule has 2 unspecified atom stereocenters. The zero-order valence-corrected chi connectivity index (χ0v) is 21.9. The second-order valence-corrected chi connectivity index (χ2v) is 9.62. The normalized spacial score (nSPS) is 15.8. The summed E-state index contributed by atoms with van der Waals surface area (Å²) < 4.78 is 46.3. The Hall–Kier alpha value is -3.37. The molecule has 2 atom stereocenters. The molecule has 2 aliphatic heterocycles. The molecule has 0 saturated carbocycles. The van der Waals surface area contributed by atoms with E-state index in [4.69, 9.17) is 18.9 Å². The standard InChI is InChI=1S/C25H29F2N6O4P/c26-15-2-1-5-29-17(15)12-30-25(34)18-14-37-24(32-18)4-7-28-6-3-23-31-16-10-20-21(36-9-8-35-20)11-19(16)33(23)13-22(27)38/h5,10-11,14,22,28H,1-4,6-9,12-13,38H2,(H,30,34). The lowest BCUT2D eigenvalue weighted by molar-refractivity contribution is 0.0951. The molecule has 0 bridgehead atoms. The number of benzene rings is 1. The van der Waals surface area contributed by atoms with Gasteiger partial charge in [-0.15, -0.1) is 0 Å². The third kappa shape index (κ3) is 6.19. The molecule has 0 radical (unpaired) electrons. The maximum atomic E-state index is 13.9. The average Bonchev–Trinajstić information content (AvgIpc) is 3.51. The van der Waals surface area contributed by atoms with Crippen molar-refractivity contribution < 1.29 is 27.5 Å². The molecule has 3 aromatic rings. The van der Waals surface area contributed by atoms with Crippen molar-refractivity contribution >= 4 is 32.4 Å². The van der Waals surface area contributed by atoms with Gasteiger partial charge in [0.15, 0.2) is 23.1 Å². The lowest BCUT2D eigenvalue weighted by Gasteiger charge is -2.18. The van der Waals surface area contributed by atoms with E-state index in [1.165, 1.54) is 6.26 Å². The molecule has 0 spiro atoms. The molecule has 5 rings (SSSR count). The molecule has 2 aromatic heterocycles. The Morgan fingerprint density at radius 3 is 2.74 bits per heavy atom.